The van der Waals surface area contributed by atoms with E-state index in [-0.39, 0.29) is 11.9 Å². The molecule has 0 heterocycles. The smallest absolute Gasteiger partial charge is 0.328 e. The Kier molecular flexibility index (Phi) is 6.62. The number of carbonyl (C=O) groups is 2. The number of rotatable bonds is 7. The van der Waals surface area contributed by atoms with Gasteiger partial charge in [-0.1, -0.05) is 6.07 Å². The van der Waals surface area contributed by atoms with Gasteiger partial charge in [0.15, 0.2) is 0 Å². The Morgan fingerprint density at radius 2 is 2.10 bits per heavy atom. The van der Waals surface area contributed by atoms with Crippen molar-refractivity contribution in [2.45, 2.75) is 26.8 Å². The van der Waals surface area contributed by atoms with Gasteiger partial charge in [-0.2, -0.15) is 0 Å². The number of carboxylic acids is 1. The number of nitrogens with one attached hydrogen (secondary N) is 1. The number of carbonyl (C=O) groups excluding carboxylic acids is 1. The minimum atomic E-state index is -1.02. The molecule has 0 radical (unpaired) electrons. The van der Waals surface area contributed by atoms with Crippen molar-refractivity contribution in [2.75, 3.05) is 13.2 Å². The van der Waals surface area contributed by atoms with E-state index in [2.05, 4.69) is 5.32 Å². The zero-order valence-corrected chi connectivity index (χ0v) is 12.6. The van der Waals surface area contributed by atoms with Crippen molar-refractivity contribution in [3.63, 3.8) is 0 Å². The molecule has 0 aromatic heterocycles. The second-order valence-corrected chi connectivity index (χ2v) is 4.84. The first-order valence-electron chi connectivity index (χ1n) is 6.83. The van der Waals surface area contributed by atoms with E-state index in [1.807, 2.05) is 26.8 Å². The fraction of sp³-hybridized carbons (Fsp3) is 0.375. The summed E-state index contributed by atoms with van der Waals surface area (Å²) in [4.78, 5) is 22.7. The van der Waals surface area contributed by atoms with Crippen molar-refractivity contribution in [3.8, 4) is 0 Å². The van der Waals surface area contributed by atoms with Crippen LogP contribution in [0.2, 0.25) is 0 Å². The van der Waals surface area contributed by atoms with Crippen molar-refractivity contribution < 1.29 is 19.4 Å². The van der Waals surface area contributed by atoms with Crippen LogP contribution in [0.4, 0.5) is 0 Å². The van der Waals surface area contributed by atoms with Crippen molar-refractivity contribution in [1.82, 2.24) is 5.32 Å². The summed E-state index contributed by atoms with van der Waals surface area (Å²) >= 11 is 0. The van der Waals surface area contributed by atoms with E-state index in [0.29, 0.717) is 24.3 Å². The molecule has 114 valence electrons. The molecule has 1 aromatic carbocycles. The molecule has 5 nitrogen and oxygen atoms in total. The summed E-state index contributed by atoms with van der Waals surface area (Å²) in [6.45, 7) is 6.69. The quantitative estimate of drug-likeness (QED) is 0.755. The summed E-state index contributed by atoms with van der Waals surface area (Å²) in [5.41, 5.74) is 2.08. The van der Waals surface area contributed by atoms with Gasteiger partial charge in [-0.05, 0) is 50.1 Å². The highest BCUT2D eigenvalue weighted by atomic mass is 16.5. The summed E-state index contributed by atoms with van der Waals surface area (Å²) in [5, 5.41) is 11.5. The number of carboxylic acid groups (broad SMARTS) is 1. The molecule has 0 fully saturated rings. The SMILES string of the molecule is CCOCC(C)NC(=O)c1cc(C)cc(/C=C/C(=O)O)c1. The maximum atomic E-state index is 12.2. The first kappa shape index (κ1) is 16.9. The first-order chi connectivity index (χ1) is 9.92. The number of ether oxygens (including phenoxy) is 1. The van der Waals surface area contributed by atoms with E-state index >= 15 is 0 Å². The third-order valence-corrected chi connectivity index (χ3v) is 2.73. The molecule has 1 aromatic rings. The summed E-state index contributed by atoms with van der Waals surface area (Å²) in [6.07, 6.45) is 2.52. The Labute approximate surface area is 124 Å². The van der Waals surface area contributed by atoms with Gasteiger partial charge in [-0.3, -0.25) is 4.79 Å². The predicted molar refractivity (Wildman–Crippen MR) is 81.3 cm³/mol. The third-order valence-electron chi connectivity index (χ3n) is 2.73. The Bertz CT molecular complexity index is 537. The highest BCUT2D eigenvalue weighted by molar-refractivity contribution is 5.95. The largest absolute Gasteiger partial charge is 0.478 e. The van der Waals surface area contributed by atoms with Crippen LogP contribution in [0.1, 0.15) is 35.3 Å². The van der Waals surface area contributed by atoms with Gasteiger partial charge in [0.2, 0.25) is 0 Å². The maximum Gasteiger partial charge on any atom is 0.328 e. The van der Waals surface area contributed by atoms with E-state index in [0.717, 1.165) is 11.6 Å². The lowest BCUT2D eigenvalue weighted by Crippen LogP contribution is -2.35. The molecule has 0 saturated heterocycles. The molecule has 2 N–H and O–H groups in total. The molecule has 1 unspecified atom stereocenters. The number of amides is 1. The van der Waals surface area contributed by atoms with E-state index in [4.69, 9.17) is 9.84 Å². The van der Waals surface area contributed by atoms with Gasteiger partial charge < -0.3 is 15.2 Å². The Balaban J connectivity index is 2.82. The molecule has 1 amide bonds. The van der Waals surface area contributed by atoms with E-state index in [1.165, 1.54) is 6.08 Å². The molecule has 0 spiro atoms. The predicted octanol–water partition coefficient (Wildman–Crippen LogP) is 2.25. The average Bonchev–Trinajstić information content (AvgIpc) is 2.42. The van der Waals surface area contributed by atoms with E-state index < -0.39 is 5.97 Å². The maximum absolute atomic E-state index is 12.2. The van der Waals surface area contributed by atoms with Crippen LogP contribution in [0, 0.1) is 6.92 Å². The van der Waals surface area contributed by atoms with Crippen LogP contribution in [-0.2, 0) is 9.53 Å². The lowest BCUT2D eigenvalue weighted by atomic mass is 10.1. The molecule has 0 aliphatic rings. The molecule has 0 saturated carbocycles. The summed E-state index contributed by atoms with van der Waals surface area (Å²) in [7, 11) is 0. The van der Waals surface area contributed by atoms with E-state index in [1.54, 1.807) is 12.1 Å². The highest BCUT2D eigenvalue weighted by Gasteiger charge is 2.10. The summed E-state index contributed by atoms with van der Waals surface area (Å²) < 4.78 is 5.25. The number of aryl methyl sites for hydroxylation is 1. The van der Waals surface area contributed by atoms with Crippen molar-refractivity contribution >= 4 is 18.0 Å². The minimum Gasteiger partial charge on any atom is -0.478 e. The van der Waals surface area contributed by atoms with Gasteiger partial charge >= 0.3 is 5.97 Å². The molecule has 21 heavy (non-hydrogen) atoms. The zero-order chi connectivity index (χ0) is 15.8. The highest BCUT2D eigenvalue weighted by Crippen LogP contribution is 2.12. The molecule has 0 bridgehead atoms. The molecule has 0 aliphatic heterocycles. The van der Waals surface area contributed by atoms with E-state index in [9.17, 15) is 9.59 Å². The standard InChI is InChI=1S/C16H21NO4/c1-4-21-10-12(3)17-16(20)14-8-11(2)7-13(9-14)5-6-15(18)19/h5-9,12H,4,10H2,1-3H3,(H,17,20)(H,18,19)/b6-5+. The minimum absolute atomic E-state index is 0.0871. The average molecular weight is 291 g/mol. The van der Waals surface area contributed by atoms with Gasteiger partial charge in [0.25, 0.3) is 5.91 Å². The number of benzene rings is 1. The van der Waals surface area contributed by atoms with Crippen LogP contribution >= 0.6 is 0 Å². The Hall–Kier alpha value is -2.14. The molecule has 1 rings (SSSR count). The second-order valence-electron chi connectivity index (χ2n) is 4.84. The van der Waals surface area contributed by atoms with Gasteiger partial charge in [0.05, 0.1) is 6.61 Å². The van der Waals surface area contributed by atoms with Gasteiger partial charge in [0, 0.05) is 24.3 Å². The van der Waals surface area contributed by atoms with Crippen LogP contribution in [0.25, 0.3) is 6.08 Å². The molecular formula is C16H21NO4. The van der Waals surface area contributed by atoms with Crippen LogP contribution < -0.4 is 5.32 Å². The van der Waals surface area contributed by atoms with Crippen LogP contribution in [0.15, 0.2) is 24.3 Å². The number of hydrogen-bond donors (Lipinski definition) is 2. The number of hydrogen-bond acceptors (Lipinski definition) is 3. The topological polar surface area (TPSA) is 75.6 Å². The molecular weight excluding hydrogens is 270 g/mol. The molecule has 5 heteroatoms. The van der Waals surface area contributed by atoms with Crippen molar-refractivity contribution in [3.05, 3.63) is 41.0 Å². The van der Waals surface area contributed by atoms with Crippen LogP contribution in [0.5, 0.6) is 0 Å². The zero-order valence-electron chi connectivity index (χ0n) is 12.6. The first-order valence-corrected chi connectivity index (χ1v) is 6.83. The van der Waals surface area contributed by atoms with Crippen molar-refractivity contribution in [1.29, 1.82) is 0 Å². The number of aliphatic carboxylic acids is 1. The Morgan fingerprint density at radius 1 is 1.38 bits per heavy atom. The van der Waals surface area contributed by atoms with Gasteiger partial charge in [-0.15, -0.1) is 0 Å². The third kappa shape index (κ3) is 6.23. The summed E-state index contributed by atoms with van der Waals surface area (Å²) in [5.74, 6) is -1.22. The van der Waals surface area contributed by atoms with Crippen LogP contribution in [-0.4, -0.2) is 36.2 Å². The molecule has 1 atom stereocenters. The van der Waals surface area contributed by atoms with Crippen molar-refractivity contribution in [2.24, 2.45) is 0 Å². The van der Waals surface area contributed by atoms with Gasteiger partial charge in [-0.25, -0.2) is 4.79 Å². The normalized spacial score (nSPS) is 12.3. The molecule has 0 aliphatic carbocycles. The second kappa shape index (κ2) is 8.21. The van der Waals surface area contributed by atoms with Crippen LogP contribution in [0.3, 0.4) is 0 Å². The van der Waals surface area contributed by atoms with Gasteiger partial charge in [0.1, 0.15) is 0 Å². The fourth-order valence-corrected chi connectivity index (χ4v) is 1.85. The fourth-order valence-electron chi connectivity index (χ4n) is 1.85. The summed E-state index contributed by atoms with van der Waals surface area (Å²) in [6, 6.07) is 5.16. The Morgan fingerprint density at radius 3 is 2.71 bits per heavy atom. The lowest BCUT2D eigenvalue weighted by Gasteiger charge is -2.14. The monoisotopic (exact) mass is 291 g/mol. The lowest BCUT2D eigenvalue weighted by molar-refractivity contribution is -0.131.